The quantitative estimate of drug-likeness (QED) is 0.241. The normalized spacial score (nSPS) is 17.4. The molecule has 0 bridgehead atoms. The molecule has 3 aromatic carbocycles. The van der Waals surface area contributed by atoms with Crippen molar-refractivity contribution in [2.45, 2.75) is 35.6 Å². The van der Waals surface area contributed by atoms with Crippen LogP contribution in [0.4, 0.5) is 0 Å². The summed E-state index contributed by atoms with van der Waals surface area (Å²) in [7, 11) is 1.60. The van der Waals surface area contributed by atoms with Crippen molar-refractivity contribution >= 4 is 29.3 Å². The molecular formula is C33H35ClN4O3S. The molecule has 3 atom stereocenters. The molecule has 1 fully saturated rings. The second-order valence-electron chi connectivity index (χ2n) is 10.6. The monoisotopic (exact) mass is 602 g/mol. The van der Waals surface area contributed by atoms with Gasteiger partial charge < -0.3 is 15.4 Å². The van der Waals surface area contributed by atoms with E-state index in [1.54, 1.807) is 7.11 Å². The summed E-state index contributed by atoms with van der Waals surface area (Å²) in [4.78, 5) is 27.9. The van der Waals surface area contributed by atoms with Gasteiger partial charge in [0.2, 0.25) is 5.91 Å². The van der Waals surface area contributed by atoms with Crippen LogP contribution in [0.25, 0.3) is 5.69 Å². The predicted octanol–water partition coefficient (Wildman–Crippen LogP) is 5.73. The molecule has 0 aliphatic carbocycles. The van der Waals surface area contributed by atoms with E-state index < -0.39 is 0 Å². The highest BCUT2D eigenvalue weighted by Gasteiger charge is 2.32. The average Bonchev–Trinajstić information content (AvgIpc) is 3.03. The van der Waals surface area contributed by atoms with E-state index in [9.17, 15) is 9.59 Å². The highest BCUT2D eigenvalue weighted by atomic mass is 35.5. The number of halogens is 1. The van der Waals surface area contributed by atoms with E-state index in [1.807, 2.05) is 72.8 Å². The largest absolute Gasteiger partial charge is 0.497 e. The van der Waals surface area contributed by atoms with Crippen LogP contribution in [0.3, 0.4) is 0 Å². The second-order valence-corrected chi connectivity index (χ2v) is 12.2. The number of amides is 1. The Morgan fingerprint density at radius 1 is 1.12 bits per heavy atom. The van der Waals surface area contributed by atoms with Crippen molar-refractivity contribution in [3.05, 3.63) is 111 Å². The van der Waals surface area contributed by atoms with Gasteiger partial charge in [-0.25, -0.2) is 0 Å². The summed E-state index contributed by atoms with van der Waals surface area (Å²) < 4.78 is 6.73. The van der Waals surface area contributed by atoms with Crippen molar-refractivity contribution in [1.29, 1.82) is 0 Å². The molecule has 1 saturated heterocycles. The molecule has 9 heteroatoms. The van der Waals surface area contributed by atoms with Crippen LogP contribution in [-0.4, -0.2) is 42.4 Å². The predicted molar refractivity (Wildman–Crippen MR) is 168 cm³/mol. The van der Waals surface area contributed by atoms with Crippen LogP contribution in [0, 0.1) is 11.8 Å². The molecule has 0 spiro atoms. The van der Waals surface area contributed by atoms with Gasteiger partial charge >= 0.3 is 0 Å². The summed E-state index contributed by atoms with van der Waals surface area (Å²) in [6.45, 7) is 4.08. The van der Waals surface area contributed by atoms with Crippen LogP contribution in [0.2, 0.25) is 5.02 Å². The molecule has 1 aromatic heterocycles. The molecule has 1 aliphatic heterocycles. The number of carbonyl (C=O) groups excluding carboxylic acids is 1. The van der Waals surface area contributed by atoms with E-state index in [-0.39, 0.29) is 29.2 Å². The van der Waals surface area contributed by atoms with Gasteiger partial charge in [-0.3, -0.25) is 9.59 Å². The number of rotatable bonds is 10. The molecule has 1 aliphatic rings. The smallest absolute Gasteiger partial charge is 0.274 e. The first kappa shape index (κ1) is 29.9. The van der Waals surface area contributed by atoms with E-state index in [0.29, 0.717) is 46.6 Å². The lowest BCUT2D eigenvalue weighted by Crippen LogP contribution is -2.45. The Bertz CT molecular complexity index is 1540. The minimum Gasteiger partial charge on any atom is -0.497 e. The minimum absolute atomic E-state index is 0.0356. The number of aromatic nitrogens is 2. The molecule has 0 saturated carbocycles. The van der Waals surface area contributed by atoms with Crippen molar-refractivity contribution in [3.8, 4) is 11.4 Å². The molecule has 2 heterocycles. The Hall–Kier alpha value is -3.59. The number of nitrogens with zero attached hydrogens (tertiary/aromatic N) is 2. The molecule has 42 heavy (non-hydrogen) atoms. The van der Waals surface area contributed by atoms with Gasteiger partial charge in [-0.1, -0.05) is 60.6 Å². The van der Waals surface area contributed by atoms with Crippen LogP contribution >= 0.6 is 23.4 Å². The minimum atomic E-state index is -0.181. The van der Waals surface area contributed by atoms with E-state index in [2.05, 4.69) is 34.8 Å². The van der Waals surface area contributed by atoms with Crippen molar-refractivity contribution in [1.82, 2.24) is 20.4 Å². The van der Waals surface area contributed by atoms with Crippen molar-refractivity contribution in [3.63, 3.8) is 0 Å². The summed E-state index contributed by atoms with van der Waals surface area (Å²) in [5.74, 6) is 0.836. The van der Waals surface area contributed by atoms with Crippen LogP contribution in [0.15, 0.2) is 99.6 Å². The first-order chi connectivity index (χ1) is 20.4. The molecule has 218 valence electrons. The number of benzene rings is 3. The number of nitrogens with one attached hydrogen (secondary N) is 2. The molecule has 4 aromatic rings. The highest BCUT2D eigenvalue weighted by Crippen LogP contribution is 2.31. The standard InChI is InChI=1S/C33H35ClN4O3S/c1-22(20-36-32(39)30-21-35-17-16-29(30)23-6-4-3-5-7-23)18-24-19-31(42-28-14-8-25(34)9-15-28)37-38(33(24)40)26-10-12-27(41-2)13-11-26/h3-15,19,22,29-30,35H,16-18,20-21H2,1-2H3,(H,36,39)/t22?,29-,30+/m1/s1. The summed E-state index contributed by atoms with van der Waals surface area (Å²) in [6, 6.07) is 26.9. The van der Waals surface area contributed by atoms with E-state index in [4.69, 9.17) is 16.3 Å². The first-order valence-electron chi connectivity index (χ1n) is 14.2. The summed E-state index contributed by atoms with van der Waals surface area (Å²) in [5, 5.41) is 12.6. The maximum Gasteiger partial charge on any atom is 0.274 e. The third-order valence-corrected chi connectivity index (χ3v) is 8.72. The highest BCUT2D eigenvalue weighted by molar-refractivity contribution is 7.99. The van der Waals surface area contributed by atoms with Crippen molar-refractivity contribution in [2.75, 3.05) is 26.7 Å². The summed E-state index contributed by atoms with van der Waals surface area (Å²) >= 11 is 7.54. The molecule has 1 unspecified atom stereocenters. The first-order valence-corrected chi connectivity index (χ1v) is 15.3. The maximum atomic E-state index is 13.6. The zero-order valence-electron chi connectivity index (χ0n) is 23.8. The Morgan fingerprint density at radius 3 is 2.57 bits per heavy atom. The fourth-order valence-corrected chi connectivity index (χ4v) is 6.29. The zero-order valence-corrected chi connectivity index (χ0v) is 25.3. The average molecular weight is 603 g/mol. The fourth-order valence-electron chi connectivity index (χ4n) is 5.32. The molecule has 7 nitrogen and oxygen atoms in total. The topological polar surface area (TPSA) is 85.2 Å². The molecule has 0 radical (unpaired) electrons. The summed E-state index contributed by atoms with van der Waals surface area (Å²) in [6.07, 6.45) is 1.42. The van der Waals surface area contributed by atoms with Crippen molar-refractivity contribution in [2.24, 2.45) is 11.8 Å². The Balaban J connectivity index is 1.33. The Morgan fingerprint density at radius 2 is 1.86 bits per heavy atom. The van der Waals surface area contributed by atoms with Crippen LogP contribution in [-0.2, 0) is 11.2 Å². The molecule has 2 N–H and O–H groups in total. The molecule has 5 rings (SSSR count). The van der Waals surface area contributed by atoms with Gasteiger partial charge in [0.1, 0.15) is 10.8 Å². The van der Waals surface area contributed by atoms with E-state index in [1.165, 1.54) is 22.0 Å². The SMILES string of the molecule is COc1ccc(-n2nc(Sc3ccc(Cl)cc3)cc(CC(C)CNC(=O)[C@H]3CNCC[C@@H]3c3ccccc3)c2=O)cc1. The van der Waals surface area contributed by atoms with E-state index >= 15 is 0 Å². The maximum absolute atomic E-state index is 13.6. The van der Waals surface area contributed by atoms with Crippen LogP contribution < -0.4 is 20.9 Å². The van der Waals surface area contributed by atoms with Gasteiger partial charge in [0.05, 0.1) is 18.7 Å². The zero-order chi connectivity index (χ0) is 29.5. The van der Waals surface area contributed by atoms with Gasteiger partial charge in [-0.15, -0.1) is 0 Å². The number of piperidine rings is 1. The molecule has 1 amide bonds. The number of hydrogen-bond acceptors (Lipinski definition) is 6. The van der Waals surface area contributed by atoms with Gasteiger partial charge in [-0.2, -0.15) is 9.78 Å². The van der Waals surface area contributed by atoms with Gasteiger partial charge in [0.15, 0.2) is 0 Å². The second kappa shape index (κ2) is 14.1. The number of hydrogen-bond donors (Lipinski definition) is 2. The van der Waals surface area contributed by atoms with Gasteiger partial charge in [0.25, 0.3) is 5.56 Å². The van der Waals surface area contributed by atoms with E-state index in [0.717, 1.165) is 17.9 Å². The third-order valence-electron chi connectivity index (χ3n) is 7.56. The number of methoxy groups -OCH3 is 1. The molecular weight excluding hydrogens is 568 g/mol. The fraction of sp³-hybridized carbons (Fsp3) is 0.303. The lowest BCUT2D eigenvalue weighted by Gasteiger charge is -2.32. The van der Waals surface area contributed by atoms with Crippen molar-refractivity contribution < 1.29 is 9.53 Å². The Labute approximate surface area is 255 Å². The summed E-state index contributed by atoms with van der Waals surface area (Å²) in [5.41, 5.74) is 2.31. The number of carbonyl (C=O) groups is 1. The van der Waals surface area contributed by atoms with Gasteiger partial charge in [0, 0.05) is 28.6 Å². The third kappa shape index (κ3) is 7.43. The number of ether oxygens (including phenoxy) is 1. The van der Waals surface area contributed by atoms with Gasteiger partial charge in [-0.05, 0) is 91.4 Å². The lowest BCUT2D eigenvalue weighted by molar-refractivity contribution is -0.126. The van der Waals surface area contributed by atoms with Crippen LogP contribution in [0.5, 0.6) is 5.75 Å². The van der Waals surface area contributed by atoms with Crippen LogP contribution in [0.1, 0.15) is 30.4 Å². The Kier molecular flexibility index (Phi) is 10.00. The lowest BCUT2D eigenvalue weighted by atomic mass is 9.80.